The Morgan fingerprint density at radius 3 is 2.79 bits per heavy atom. The van der Waals surface area contributed by atoms with Gasteiger partial charge in [0.2, 0.25) is 5.91 Å². The third-order valence-electron chi connectivity index (χ3n) is 2.60. The number of rotatable bonds is 2. The Morgan fingerprint density at radius 2 is 2.29 bits per heavy atom. The van der Waals surface area contributed by atoms with E-state index in [1.165, 1.54) is 18.9 Å². The van der Waals surface area contributed by atoms with E-state index in [1.807, 2.05) is 6.26 Å². The van der Waals surface area contributed by atoms with Gasteiger partial charge in [-0.3, -0.25) is 4.79 Å². The highest BCUT2D eigenvalue weighted by Crippen LogP contribution is 2.42. The van der Waals surface area contributed by atoms with Crippen LogP contribution in [0.2, 0.25) is 0 Å². The Bertz CT molecular complexity index is 337. The van der Waals surface area contributed by atoms with Crippen LogP contribution in [-0.4, -0.2) is 36.2 Å². The first kappa shape index (κ1) is 9.58. The van der Waals surface area contributed by atoms with Crippen LogP contribution in [0.15, 0.2) is 10.6 Å². The van der Waals surface area contributed by atoms with E-state index in [-0.39, 0.29) is 11.9 Å². The van der Waals surface area contributed by atoms with Crippen molar-refractivity contribution in [1.29, 1.82) is 0 Å². The molecular weight excluding hydrogens is 202 g/mol. The van der Waals surface area contributed by atoms with Crippen molar-refractivity contribution >= 4 is 23.6 Å². The Kier molecular flexibility index (Phi) is 2.26. The molecule has 0 aromatic rings. The van der Waals surface area contributed by atoms with Crippen molar-refractivity contribution in [3.63, 3.8) is 0 Å². The van der Waals surface area contributed by atoms with E-state index >= 15 is 0 Å². The molecule has 0 N–H and O–H groups in total. The molecule has 0 aromatic carbocycles. The monoisotopic (exact) mass is 213 g/mol. The maximum atomic E-state index is 11.4. The first-order valence-electron chi connectivity index (χ1n) is 4.36. The van der Waals surface area contributed by atoms with E-state index in [4.69, 9.17) is 0 Å². The van der Waals surface area contributed by atoms with Crippen LogP contribution in [0.5, 0.6) is 0 Å². The minimum absolute atomic E-state index is 0.0273. The molecule has 2 heterocycles. The molecule has 2 aliphatic heterocycles. The van der Waals surface area contributed by atoms with Crippen LogP contribution in [0, 0.1) is 0 Å². The summed E-state index contributed by atoms with van der Waals surface area (Å²) in [5.41, 5.74) is 0.459. The standard InChI is InChI=1S/C9H11NO3S/c1-13-9(12)8-6(14-2)3-5-4-7(11)10(5)8/h5H,3-4H2,1-2H3. The summed E-state index contributed by atoms with van der Waals surface area (Å²) in [5, 5.41) is 0. The normalized spacial score (nSPS) is 24.9. The maximum Gasteiger partial charge on any atom is 0.355 e. The first-order chi connectivity index (χ1) is 6.69. The summed E-state index contributed by atoms with van der Waals surface area (Å²) in [6.07, 6.45) is 3.27. The van der Waals surface area contributed by atoms with Gasteiger partial charge >= 0.3 is 5.97 Å². The molecule has 2 rings (SSSR count). The lowest BCUT2D eigenvalue weighted by atomic mass is 10.0. The average Bonchev–Trinajstić information content (AvgIpc) is 2.49. The molecule has 14 heavy (non-hydrogen) atoms. The van der Waals surface area contributed by atoms with Crippen molar-refractivity contribution in [2.45, 2.75) is 18.9 Å². The van der Waals surface area contributed by atoms with Crippen LogP contribution in [0.25, 0.3) is 0 Å². The second kappa shape index (κ2) is 3.31. The van der Waals surface area contributed by atoms with Crippen molar-refractivity contribution in [2.24, 2.45) is 0 Å². The number of hydrogen-bond acceptors (Lipinski definition) is 4. The molecule has 0 aliphatic carbocycles. The molecule has 1 unspecified atom stereocenters. The quantitative estimate of drug-likeness (QED) is 0.501. The summed E-state index contributed by atoms with van der Waals surface area (Å²) in [4.78, 5) is 25.2. The maximum absolute atomic E-state index is 11.4. The topological polar surface area (TPSA) is 46.6 Å². The van der Waals surface area contributed by atoms with Gasteiger partial charge < -0.3 is 9.64 Å². The smallest absolute Gasteiger partial charge is 0.355 e. The van der Waals surface area contributed by atoms with Crippen LogP contribution < -0.4 is 0 Å². The minimum atomic E-state index is -0.398. The predicted molar refractivity (Wildman–Crippen MR) is 52.4 cm³/mol. The zero-order chi connectivity index (χ0) is 10.3. The largest absolute Gasteiger partial charge is 0.464 e. The number of thioether (sulfide) groups is 1. The van der Waals surface area contributed by atoms with Crippen molar-refractivity contribution in [1.82, 2.24) is 4.90 Å². The fraction of sp³-hybridized carbons (Fsp3) is 0.556. The van der Waals surface area contributed by atoms with Gasteiger partial charge in [0, 0.05) is 17.7 Å². The number of amides is 1. The van der Waals surface area contributed by atoms with Gasteiger partial charge in [-0.15, -0.1) is 11.8 Å². The van der Waals surface area contributed by atoms with Gasteiger partial charge in [-0.05, 0) is 6.26 Å². The fourth-order valence-corrected chi connectivity index (χ4v) is 2.62. The Balaban J connectivity index is 2.31. The van der Waals surface area contributed by atoms with Crippen LogP contribution in [0.1, 0.15) is 12.8 Å². The van der Waals surface area contributed by atoms with Crippen LogP contribution in [0.4, 0.5) is 0 Å². The molecule has 1 atom stereocenters. The van der Waals surface area contributed by atoms with Crippen molar-refractivity contribution in [3.8, 4) is 0 Å². The number of carbonyl (C=O) groups excluding carboxylic acids is 2. The van der Waals surface area contributed by atoms with E-state index in [2.05, 4.69) is 4.74 Å². The number of carbonyl (C=O) groups is 2. The molecule has 0 saturated carbocycles. The average molecular weight is 213 g/mol. The molecule has 0 radical (unpaired) electrons. The first-order valence-corrected chi connectivity index (χ1v) is 5.59. The summed E-state index contributed by atoms with van der Waals surface area (Å²) < 4.78 is 4.66. The lowest BCUT2D eigenvalue weighted by molar-refractivity contribution is -0.148. The Labute approximate surface area is 86.3 Å². The summed E-state index contributed by atoms with van der Waals surface area (Å²) in [5.74, 6) is -0.371. The molecule has 4 nitrogen and oxygen atoms in total. The molecule has 5 heteroatoms. The van der Waals surface area contributed by atoms with Gasteiger partial charge in [-0.1, -0.05) is 0 Å². The number of fused-ring (bicyclic) bond motifs is 1. The predicted octanol–water partition coefficient (Wildman–Crippen LogP) is 0.739. The minimum Gasteiger partial charge on any atom is -0.464 e. The zero-order valence-corrected chi connectivity index (χ0v) is 8.89. The van der Waals surface area contributed by atoms with Gasteiger partial charge in [0.05, 0.1) is 13.2 Å². The van der Waals surface area contributed by atoms with E-state index in [0.717, 1.165) is 11.3 Å². The lowest BCUT2D eigenvalue weighted by Crippen LogP contribution is -2.49. The molecule has 76 valence electrons. The molecule has 0 aromatic heterocycles. The molecule has 1 amide bonds. The van der Waals surface area contributed by atoms with Gasteiger partial charge in [-0.25, -0.2) is 4.79 Å². The van der Waals surface area contributed by atoms with Crippen LogP contribution in [-0.2, 0) is 14.3 Å². The van der Waals surface area contributed by atoms with Crippen molar-refractivity contribution < 1.29 is 14.3 Å². The molecule has 2 aliphatic rings. The summed E-state index contributed by atoms with van der Waals surface area (Å²) >= 11 is 1.52. The Morgan fingerprint density at radius 1 is 1.57 bits per heavy atom. The van der Waals surface area contributed by atoms with E-state index in [0.29, 0.717) is 12.1 Å². The molecule has 1 saturated heterocycles. The molecule has 1 fully saturated rings. The highest BCUT2D eigenvalue weighted by molar-refractivity contribution is 8.02. The summed E-state index contributed by atoms with van der Waals surface area (Å²) in [7, 11) is 1.34. The van der Waals surface area contributed by atoms with E-state index < -0.39 is 5.97 Å². The van der Waals surface area contributed by atoms with Crippen molar-refractivity contribution in [3.05, 3.63) is 10.6 Å². The number of hydrogen-bond donors (Lipinski definition) is 0. The lowest BCUT2D eigenvalue weighted by Gasteiger charge is -2.35. The third-order valence-corrected chi connectivity index (χ3v) is 3.45. The summed E-state index contributed by atoms with van der Waals surface area (Å²) in [6, 6.07) is 0.207. The number of esters is 1. The molecule has 0 bridgehead atoms. The second-order valence-electron chi connectivity index (χ2n) is 3.29. The van der Waals surface area contributed by atoms with Crippen LogP contribution in [0.3, 0.4) is 0 Å². The van der Waals surface area contributed by atoms with Gasteiger partial charge in [0.15, 0.2) is 0 Å². The molecule has 0 spiro atoms. The number of nitrogens with zero attached hydrogens (tertiary/aromatic N) is 1. The number of β-lactam (4-membered cyclic amide) rings is 1. The van der Waals surface area contributed by atoms with Crippen molar-refractivity contribution in [2.75, 3.05) is 13.4 Å². The summed E-state index contributed by atoms with van der Waals surface area (Å²) in [6.45, 7) is 0. The third kappa shape index (κ3) is 1.15. The number of methoxy groups -OCH3 is 1. The van der Waals surface area contributed by atoms with E-state index in [9.17, 15) is 9.59 Å². The van der Waals surface area contributed by atoms with Gasteiger partial charge in [-0.2, -0.15) is 0 Å². The van der Waals surface area contributed by atoms with E-state index in [1.54, 1.807) is 4.90 Å². The van der Waals surface area contributed by atoms with Gasteiger partial charge in [0.1, 0.15) is 5.70 Å². The van der Waals surface area contributed by atoms with Crippen LogP contribution >= 0.6 is 11.8 Å². The Hall–Kier alpha value is -0.970. The molecular formula is C9H11NO3S. The SMILES string of the molecule is COC(=O)C1=C(SC)CC2CC(=O)N12. The fourth-order valence-electron chi connectivity index (χ4n) is 1.89. The highest BCUT2D eigenvalue weighted by Gasteiger charge is 2.47. The zero-order valence-electron chi connectivity index (χ0n) is 8.07. The highest BCUT2D eigenvalue weighted by atomic mass is 32.2. The van der Waals surface area contributed by atoms with Gasteiger partial charge in [0.25, 0.3) is 0 Å². The second-order valence-corrected chi connectivity index (χ2v) is 4.19. The number of ether oxygens (including phenoxy) is 1.